The first kappa shape index (κ1) is 23.3. The molecule has 1 amide bonds. The number of benzene rings is 2. The fraction of sp³-hybridized carbons (Fsp3) is 0.182. The zero-order valence-electron chi connectivity index (χ0n) is 16.8. The number of carbonyl (C=O) groups excluding carboxylic acids is 1. The minimum atomic E-state index is -0.274. The smallest absolute Gasteiger partial charge is 0.291 e. The predicted octanol–water partition coefficient (Wildman–Crippen LogP) is 4.02. The minimum absolute atomic E-state index is 0. The number of methoxy groups -OCH3 is 1. The number of furan rings is 1. The molecule has 0 aliphatic carbocycles. The van der Waals surface area contributed by atoms with Crippen LogP contribution < -0.4 is 20.7 Å². The van der Waals surface area contributed by atoms with Gasteiger partial charge in [-0.1, -0.05) is 24.3 Å². The molecule has 3 rings (SSSR count). The number of hydrogen-bond acceptors (Lipinski definition) is 4. The first-order chi connectivity index (χ1) is 14.2. The quantitative estimate of drug-likeness (QED) is 0.249. The molecule has 1 aromatic heterocycles. The van der Waals surface area contributed by atoms with Crippen LogP contribution >= 0.6 is 24.0 Å². The molecule has 0 saturated carbocycles. The van der Waals surface area contributed by atoms with Crippen molar-refractivity contribution in [3.05, 3.63) is 83.8 Å². The lowest BCUT2D eigenvalue weighted by Gasteiger charge is -2.12. The Morgan fingerprint density at radius 2 is 1.57 bits per heavy atom. The van der Waals surface area contributed by atoms with Crippen LogP contribution in [0.3, 0.4) is 0 Å². The summed E-state index contributed by atoms with van der Waals surface area (Å²) >= 11 is 0. The fourth-order valence-electron chi connectivity index (χ4n) is 2.64. The van der Waals surface area contributed by atoms with Crippen LogP contribution in [0.2, 0.25) is 0 Å². The van der Waals surface area contributed by atoms with Crippen LogP contribution in [-0.2, 0) is 13.1 Å². The van der Waals surface area contributed by atoms with Gasteiger partial charge in [-0.05, 0) is 47.5 Å². The number of anilines is 1. The van der Waals surface area contributed by atoms with Crippen molar-refractivity contribution >= 4 is 41.5 Å². The number of aliphatic imine (C=N–C) groups is 1. The predicted molar refractivity (Wildman–Crippen MR) is 129 cm³/mol. The van der Waals surface area contributed by atoms with E-state index < -0.39 is 0 Å². The summed E-state index contributed by atoms with van der Waals surface area (Å²) in [6, 6.07) is 18.8. The Morgan fingerprint density at radius 1 is 0.967 bits per heavy atom. The largest absolute Gasteiger partial charge is 0.497 e. The molecule has 0 aliphatic heterocycles. The molecule has 8 heteroatoms. The summed E-state index contributed by atoms with van der Waals surface area (Å²) in [6.45, 7) is 1.26. The number of nitrogens with zero attached hydrogens (tertiary/aromatic N) is 1. The summed E-state index contributed by atoms with van der Waals surface area (Å²) in [6.07, 6.45) is 1.47. The van der Waals surface area contributed by atoms with E-state index in [1.165, 1.54) is 6.26 Å². The highest BCUT2D eigenvalue weighted by atomic mass is 127. The number of carbonyl (C=O) groups is 1. The number of guanidine groups is 1. The topological polar surface area (TPSA) is 87.9 Å². The lowest BCUT2D eigenvalue weighted by atomic mass is 10.2. The molecule has 7 nitrogen and oxygen atoms in total. The van der Waals surface area contributed by atoms with Crippen LogP contribution in [0, 0.1) is 0 Å². The molecule has 0 aliphatic rings. The van der Waals surface area contributed by atoms with Gasteiger partial charge in [-0.15, -0.1) is 24.0 Å². The molecule has 0 atom stereocenters. The summed E-state index contributed by atoms with van der Waals surface area (Å²) < 4.78 is 10.3. The first-order valence-corrected chi connectivity index (χ1v) is 9.19. The lowest BCUT2D eigenvalue weighted by molar-refractivity contribution is 0.0996. The maximum atomic E-state index is 12.0. The van der Waals surface area contributed by atoms with Gasteiger partial charge in [0.1, 0.15) is 5.75 Å². The van der Waals surface area contributed by atoms with Crippen LogP contribution in [0.15, 0.2) is 76.3 Å². The van der Waals surface area contributed by atoms with Crippen molar-refractivity contribution in [3.8, 4) is 5.75 Å². The summed E-state index contributed by atoms with van der Waals surface area (Å²) in [5, 5.41) is 9.35. The van der Waals surface area contributed by atoms with E-state index in [0.717, 1.165) is 16.9 Å². The zero-order chi connectivity index (χ0) is 20.5. The van der Waals surface area contributed by atoms with E-state index >= 15 is 0 Å². The van der Waals surface area contributed by atoms with Crippen molar-refractivity contribution in [1.82, 2.24) is 10.6 Å². The number of hydrogen-bond donors (Lipinski definition) is 3. The summed E-state index contributed by atoms with van der Waals surface area (Å²) in [5.41, 5.74) is 2.90. The van der Waals surface area contributed by atoms with Gasteiger partial charge in [0, 0.05) is 25.8 Å². The Kier molecular flexibility index (Phi) is 9.20. The molecule has 3 aromatic rings. The van der Waals surface area contributed by atoms with Gasteiger partial charge < -0.3 is 25.1 Å². The van der Waals surface area contributed by atoms with E-state index in [9.17, 15) is 4.79 Å². The van der Waals surface area contributed by atoms with Crippen molar-refractivity contribution in [2.75, 3.05) is 19.5 Å². The van der Waals surface area contributed by atoms with Gasteiger partial charge in [0.05, 0.1) is 13.4 Å². The van der Waals surface area contributed by atoms with E-state index in [0.29, 0.717) is 24.7 Å². The normalized spacial score (nSPS) is 10.7. The van der Waals surface area contributed by atoms with Crippen molar-refractivity contribution in [2.24, 2.45) is 4.99 Å². The minimum Gasteiger partial charge on any atom is -0.497 e. The van der Waals surface area contributed by atoms with E-state index in [-0.39, 0.29) is 35.6 Å². The molecule has 2 aromatic carbocycles. The zero-order valence-corrected chi connectivity index (χ0v) is 19.2. The first-order valence-electron chi connectivity index (χ1n) is 9.19. The molecule has 0 spiro atoms. The highest BCUT2D eigenvalue weighted by Gasteiger charge is 2.08. The number of ether oxygens (including phenoxy) is 1. The second-order valence-electron chi connectivity index (χ2n) is 6.26. The highest BCUT2D eigenvalue weighted by molar-refractivity contribution is 14.0. The van der Waals surface area contributed by atoms with Crippen LogP contribution in [0.25, 0.3) is 0 Å². The van der Waals surface area contributed by atoms with Crippen LogP contribution in [0.1, 0.15) is 21.7 Å². The average Bonchev–Trinajstić information content (AvgIpc) is 3.30. The lowest BCUT2D eigenvalue weighted by Crippen LogP contribution is -2.36. The van der Waals surface area contributed by atoms with Crippen LogP contribution in [0.4, 0.5) is 5.69 Å². The van der Waals surface area contributed by atoms with E-state index in [1.54, 1.807) is 26.3 Å². The van der Waals surface area contributed by atoms with Gasteiger partial charge in [-0.2, -0.15) is 0 Å². The van der Waals surface area contributed by atoms with E-state index in [2.05, 4.69) is 20.9 Å². The molecular weight excluding hydrogens is 495 g/mol. The second-order valence-corrected chi connectivity index (χ2v) is 6.26. The number of amides is 1. The number of rotatable bonds is 7. The Morgan fingerprint density at radius 3 is 2.07 bits per heavy atom. The van der Waals surface area contributed by atoms with Gasteiger partial charge in [0.25, 0.3) is 5.91 Å². The SMILES string of the molecule is CN=C(NCc1ccc(NC(=O)c2ccco2)cc1)NCc1ccc(OC)cc1.I. The Balaban J connectivity index is 0.00000320. The average molecular weight is 520 g/mol. The summed E-state index contributed by atoms with van der Waals surface area (Å²) in [4.78, 5) is 16.2. The van der Waals surface area contributed by atoms with Crippen LogP contribution in [0.5, 0.6) is 5.75 Å². The van der Waals surface area contributed by atoms with Crippen molar-refractivity contribution < 1.29 is 13.9 Å². The molecule has 0 fully saturated rings. The molecule has 30 heavy (non-hydrogen) atoms. The molecule has 3 N–H and O–H groups in total. The van der Waals surface area contributed by atoms with Gasteiger partial charge >= 0.3 is 0 Å². The molecule has 1 heterocycles. The Labute approximate surface area is 192 Å². The van der Waals surface area contributed by atoms with Crippen molar-refractivity contribution in [3.63, 3.8) is 0 Å². The van der Waals surface area contributed by atoms with E-state index in [4.69, 9.17) is 9.15 Å². The Bertz CT molecular complexity index is 940. The number of nitrogens with one attached hydrogen (secondary N) is 3. The van der Waals surface area contributed by atoms with Crippen LogP contribution in [-0.4, -0.2) is 26.0 Å². The third kappa shape index (κ3) is 6.80. The summed E-state index contributed by atoms with van der Waals surface area (Å²) in [5.74, 6) is 1.54. The van der Waals surface area contributed by atoms with Crippen molar-refractivity contribution in [2.45, 2.75) is 13.1 Å². The monoisotopic (exact) mass is 520 g/mol. The maximum absolute atomic E-state index is 12.0. The molecule has 0 radical (unpaired) electrons. The van der Waals surface area contributed by atoms with Gasteiger partial charge in [-0.25, -0.2) is 0 Å². The molecule has 0 unspecified atom stereocenters. The van der Waals surface area contributed by atoms with E-state index in [1.807, 2.05) is 48.5 Å². The highest BCUT2D eigenvalue weighted by Crippen LogP contribution is 2.12. The Hall–Kier alpha value is -3.01. The fourth-order valence-corrected chi connectivity index (χ4v) is 2.64. The van der Waals surface area contributed by atoms with Crippen molar-refractivity contribution in [1.29, 1.82) is 0 Å². The van der Waals surface area contributed by atoms with Gasteiger partial charge in [0.2, 0.25) is 0 Å². The molecule has 158 valence electrons. The number of halogens is 1. The third-order valence-corrected chi connectivity index (χ3v) is 4.26. The molecule has 0 bridgehead atoms. The molecule has 0 saturated heterocycles. The van der Waals surface area contributed by atoms with Gasteiger partial charge in [-0.3, -0.25) is 9.79 Å². The maximum Gasteiger partial charge on any atom is 0.291 e. The third-order valence-electron chi connectivity index (χ3n) is 4.26. The second kappa shape index (κ2) is 11.9. The summed E-state index contributed by atoms with van der Waals surface area (Å²) in [7, 11) is 3.38. The molecular formula is C22H25IN4O3. The van der Waals surface area contributed by atoms with Gasteiger partial charge in [0.15, 0.2) is 11.7 Å². The standard InChI is InChI=1S/C22H24N4O3.HI/c1-23-22(25-15-17-7-11-19(28-2)12-8-17)24-14-16-5-9-18(10-6-16)26-21(27)20-4-3-13-29-20;/h3-13H,14-15H2,1-2H3,(H,26,27)(H2,23,24,25);1H.